The molecule has 0 heterocycles. The fraction of sp³-hybridized carbons (Fsp3) is 0.593. The summed E-state index contributed by atoms with van der Waals surface area (Å²) in [6.45, 7) is 4.52. The zero-order valence-corrected chi connectivity index (χ0v) is 21.5. The van der Waals surface area contributed by atoms with Gasteiger partial charge >= 0.3 is 11.9 Å². The lowest BCUT2D eigenvalue weighted by molar-refractivity contribution is -0.118. The second kappa shape index (κ2) is 8.52. The summed E-state index contributed by atoms with van der Waals surface area (Å²) in [4.78, 5) is 36.3. The van der Waals surface area contributed by atoms with Crippen LogP contribution < -0.4 is 5.14 Å². The van der Waals surface area contributed by atoms with Crippen molar-refractivity contribution in [2.24, 2.45) is 33.7 Å². The number of hydrogen-bond donors (Lipinski definition) is 2. The van der Waals surface area contributed by atoms with Crippen LogP contribution in [0.15, 0.2) is 34.7 Å². The smallest absolute Gasteiger partial charge is 0.338 e. The van der Waals surface area contributed by atoms with E-state index in [1.54, 1.807) is 0 Å². The van der Waals surface area contributed by atoms with Gasteiger partial charge in [-0.3, -0.25) is 4.79 Å². The van der Waals surface area contributed by atoms with Crippen LogP contribution in [0, 0.1) is 28.6 Å². The van der Waals surface area contributed by atoms with Crippen molar-refractivity contribution in [3.63, 3.8) is 0 Å². The highest BCUT2D eigenvalue weighted by Crippen LogP contribution is 2.65. The highest BCUT2D eigenvalue weighted by atomic mass is 32.2. The Hall–Kier alpha value is -2.52. The summed E-state index contributed by atoms with van der Waals surface area (Å²) in [5.74, 6) is -0.426. The molecule has 0 aliphatic heterocycles. The van der Waals surface area contributed by atoms with Crippen LogP contribution in [-0.4, -0.2) is 37.4 Å². The van der Waals surface area contributed by atoms with Gasteiger partial charge in [0, 0.05) is 11.8 Å². The molecular formula is C27H33NO7S. The third-order valence-electron chi connectivity index (χ3n) is 9.84. The van der Waals surface area contributed by atoms with Crippen LogP contribution >= 0.6 is 0 Å². The normalized spacial score (nSPS) is 35.8. The largest absolute Gasteiger partial charge is 0.478 e. The Kier molecular flexibility index (Phi) is 5.95. The van der Waals surface area contributed by atoms with Crippen molar-refractivity contribution in [3.8, 4) is 0 Å². The molecule has 0 amide bonds. The van der Waals surface area contributed by atoms with Gasteiger partial charge in [-0.05, 0) is 92.4 Å². The second-order valence-corrected chi connectivity index (χ2v) is 13.1. The maximum atomic E-state index is 13.1. The van der Waals surface area contributed by atoms with Gasteiger partial charge in [-0.25, -0.2) is 23.1 Å². The van der Waals surface area contributed by atoms with E-state index in [-0.39, 0.29) is 33.8 Å². The first-order chi connectivity index (χ1) is 16.8. The molecule has 0 spiro atoms. The predicted octanol–water partition coefficient (Wildman–Crippen LogP) is 4.09. The van der Waals surface area contributed by atoms with Crippen molar-refractivity contribution in [2.45, 2.75) is 76.2 Å². The number of aromatic carboxylic acids is 1. The molecule has 4 aliphatic carbocycles. The predicted molar refractivity (Wildman–Crippen MR) is 131 cm³/mol. The number of nitrogens with two attached hydrogens (primary N) is 1. The molecular weight excluding hydrogens is 482 g/mol. The summed E-state index contributed by atoms with van der Waals surface area (Å²) in [5, 5.41) is 14.6. The molecule has 1 aromatic carbocycles. The Morgan fingerprint density at radius 1 is 1.00 bits per heavy atom. The van der Waals surface area contributed by atoms with Gasteiger partial charge in [0.05, 0.1) is 16.0 Å². The van der Waals surface area contributed by atoms with Crippen LogP contribution in [0.5, 0.6) is 0 Å². The minimum absolute atomic E-state index is 0.0638. The number of primary sulfonamides is 1. The van der Waals surface area contributed by atoms with E-state index in [0.29, 0.717) is 30.6 Å². The number of hydrogen-bond acceptors (Lipinski definition) is 6. The molecule has 0 bridgehead atoms. The van der Waals surface area contributed by atoms with E-state index in [2.05, 4.69) is 13.8 Å². The molecule has 36 heavy (non-hydrogen) atoms. The number of carbonyl (C=O) groups is 3. The van der Waals surface area contributed by atoms with E-state index in [4.69, 9.17) is 9.88 Å². The minimum atomic E-state index is -4.20. The van der Waals surface area contributed by atoms with Gasteiger partial charge in [-0.1, -0.05) is 19.4 Å². The van der Waals surface area contributed by atoms with Crippen molar-refractivity contribution in [3.05, 3.63) is 41.0 Å². The number of carboxylic acid groups (broad SMARTS) is 1. The number of carbonyl (C=O) groups excluding carboxylic acids is 2. The number of rotatable bonds is 4. The first-order valence-electron chi connectivity index (χ1n) is 12.7. The molecule has 3 saturated carbocycles. The molecule has 0 aromatic heterocycles. The third-order valence-corrected chi connectivity index (χ3v) is 10.7. The fourth-order valence-corrected chi connectivity index (χ4v) is 8.49. The van der Waals surface area contributed by atoms with Crippen LogP contribution in [-0.2, 0) is 19.6 Å². The summed E-state index contributed by atoms with van der Waals surface area (Å²) in [6, 6.07) is 3.15. The SMILES string of the molecule is C[C@]12CCC(=O)C=C1CCC1C2CC[C@@]2(C)C1CC[C@@H]2OC(=O)c1cc(C(=O)O)cc(S(N)(=O)=O)c1. The lowest BCUT2D eigenvalue weighted by Gasteiger charge is -2.57. The van der Waals surface area contributed by atoms with Crippen molar-refractivity contribution in [1.82, 2.24) is 0 Å². The van der Waals surface area contributed by atoms with E-state index in [9.17, 15) is 27.9 Å². The molecule has 6 atom stereocenters. The minimum Gasteiger partial charge on any atom is -0.478 e. The number of ketones is 1. The van der Waals surface area contributed by atoms with Gasteiger partial charge in [0.15, 0.2) is 5.78 Å². The lowest BCUT2D eigenvalue weighted by Crippen LogP contribution is -2.51. The van der Waals surface area contributed by atoms with E-state index in [0.717, 1.165) is 56.7 Å². The Morgan fingerprint density at radius 3 is 2.42 bits per heavy atom. The molecule has 0 radical (unpaired) electrons. The summed E-state index contributed by atoms with van der Waals surface area (Å²) in [5.41, 5.74) is 0.704. The van der Waals surface area contributed by atoms with Gasteiger partial charge in [0.1, 0.15) is 6.10 Å². The Morgan fingerprint density at radius 2 is 1.72 bits per heavy atom. The van der Waals surface area contributed by atoms with Crippen LogP contribution in [0.2, 0.25) is 0 Å². The number of benzene rings is 1. The molecule has 8 nitrogen and oxygen atoms in total. The molecule has 4 aliphatic rings. The monoisotopic (exact) mass is 515 g/mol. The Balaban J connectivity index is 1.38. The number of sulfonamides is 1. The maximum absolute atomic E-state index is 13.1. The Bertz CT molecular complexity index is 1280. The van der Waals surface area contributed by atoms with Gasteiger partial charge in [0.2, 0.25) is 10.0 Å². The number of esters is 1. The van der Waals surface area contributed by atoms with E-state index in [1.807, 2.05) is 6.08 Å². The van der Waals surface area contributed by atoms with Crippen LogP contribution in [0.3, 0.4) is 0 Å². The number of carboxylic acids is 1. The van der Waals surface area contributed by atoms with Crippen LogP contribution in [0.4, 0.5) is 0 Å². The summed E-state index contributed by atoms with van der Waals surface area (Å²) < 4.78 is 29.7. The molecule has 0 saturated heterocycles. The third kappa shape index (κ3) is 4.00. The van der Waals surface area contributed by atoms with Crippen LogP contribution in [0.25, 0.3) is 0 Å². The van der Waals surface area contributed by atoms with E-state index < -0.39 is 26.9 Å². The maximum Gasteiger partial charge on any atom is 0.338 e. The molecule has 194 valence electrons. The Labute approximate surface area is 211 Å². The standard InChI is InChI=1S/C27H33NO7S/c1-26-9-7-18(29)14-17(26)3-4-20-21-5-6-23(27(21,2)10-8-22(20)26)35-25(32)16-11-15(24(30)31)12-19(13-16)36(28,33)34/h11-14,20-23H,3-10H2,1-2H3,(H,30,31)(H2,28,33,34)/t20?,21?,22?,23-,26-,27-/m0/s1. The quantitative estimate of drug-likeness (QED) is 0.575. The fourth-order valence-electron chi connectivity index (χ4n) is 7.91. The van der Waals surface area contributed by atoms with Crippen molar-refractivity contribution in [2.75, 3.05) is 0 Å². The zero-order chi connectivity index (χ0) is 26.0. The number of ether oxygens (including phenoxy) is 1. The highest BCUT2D eigenvalue weighted by molar-refractivity contribution is 7.89. The van der Waals surface area contributed by atoms with Crippen molar-refractivity contribution >= 4 is 27.7 Å². The average molecular weight is 516 g/mol. The molecule has 3 fully saturated rings. The first kappa shape index (κ1) is 25.1. The summed E-state index contributed by atoms with van der Waals surface area (Å²) in [6.07, 6.45) is 8.65. The zero-order valence-electron chi connectivity index (χ0n) is 20.7. The van der Waals surface area contributed by atoms with Crippen LogP contribution in [0.1, 0.15) is 85.9 Å². The molecule has 3 unspecified atom stereocenters. The average Bonchev–Trinajstić information content (AvgIpc) is 3.14. The first-order valence-corrected chi connectivity index (χ1v) is 14.2. The summed E-state index contributed by atoms with van der Waals surface area (Å²) in [7, 11) is -4.20. The highest BCUT2D eigenvalue weighted by Gasteiger charge is 2.60. The topological polar surface area (TPSA) is 141 Å². The second-order valence-electron chi connectivity index (χ2n) is 11.6. The lowest BCUT2D eigenvalue weighted by atomic mass is 9.47. The molecule has 9 heteroatoms. The van der Waals surface area contributed by atoms with E-state index in [1.165, 1.54) is 5.57 Å². The number of allylic oxidation sites excluding steroid dienone is 1. The van der Waals surface area contributed by atoms with Gasteiger partial charge in [-0.15, -0.1) is 0 Å². The van der Waals surface area contributed by atoms with Crippen molar-refractivity contribution in [1.29, 1.82) is 0 Å². The van der Waals surface area contributed by atoms with Crippen molar-refractivity contribution < 1.29 is 32.6 Å². The van der Waals surface area contributed by atoms with Gasteiger partial charge in [-0.2, -0.15) is 0 Å². The summed E-state index contributed by atoms with van der Waals surface area (Å²) >= 11 is 0. The molecule has 1 aromatic rings. The van der Waals surface area contributed by atoms with Gasteiger partial charge in [0.25, 0.3) is 0 Å². The number of fused-ring (bicyclic) bond motifs is 5. The van der Waals surface area contributed by atoms with E-state index >= 15 is 0 Å². The molecule has 5 rings (SSSR count). The van der Waals surface area contributed by atoms with Gasteiger partial charge < -0.3 is 9.84 Å². The molecule has 3 N–H and O–H groups in total.